The van der Waals surface area contributed by atoms with E-state index in [-0.39, 0.29) is 0 Å². The number of hydrogen-bond donors (Lipinski definition) is 1. The van der Waals surface area contributed by atoms with E-state index in [0.29, 0.717) is 4.88 Å². The lowest BCUT2D eigenvalue weighted by atomic mass is 10.3. The summed E-state index contributed by atoms with van der Waals surface area (Å²) in [7, 11) is 0. The number of fused-ring (bicyclic) bond motifs is 1. The molecule has 0 saturated carbocycles. The summed E-state index contributed by atoms with van der Waals surface area (Å²) in [5.41, 5.74) is 0. The van der Waals surface area contributed by atoms with Crippen LogP contribution in [0.4, 0.5) is 5.82 Å². The van der Waals surface area contributed by atoms with E-state index < -0.39 is 5.97 Å². The van der Waals surface area contributed by atoms with E-state index in [1.165, 1.54) is 30.5 Å². The lowest BCUT2D eigenvalue weighted by Gasteiger charge is -2.16. The van der Waals surface area contributed by atoms with Gasteiger partial charge in [-0.3, -0.25) is 0 Å². The zero-order chi connectivity index (χ0) is 11.8. The maximum Gasteiger partial charge on any atom is 0.345 e. The molecule has 1 saturated heterocycles. The number of aromatic nitrogens is 2. The maximum absolute atomic E-state index is 11.0. The molecule has 1 aliphatic heterocycles. The highest BCUT2D eigenvalue weighted by Crippen LogP contribution is 2.31. The van der Waals surface area contributed by atoms with Gasteiger partial charge in [0.05, 0.1) is 5.39 Å². The van der Waals surface area contributed by atoms with Gasteiger partial charge in [-0.1, -0.05) is 0 Å². The zero-order valence-electron chi connectivity index (χ0n) is 9.09. The fourth-order valence-corrected chi connectivity index (χ4v) is 2.96. The normalized spacial score (nSPS) is 15.6. The number of aromatic carboxylic acids is 1. The smallest absolute Gasteiger partial charge is 0.345 e. The van der Waals surface area contributed by atoms with Crippen LogP contribution < -0.4 is 4.90 Å². The molecular weight excluding hydrogens is 238 g/mol. The van der Waals surface area contributed by atoms with Crippen molar-refractivity contribution in [1.29, 1.82) is 0 Å². The van der Waals surface area contributed by atoms with Gasteiger partial charge in [-0.15, -0.1) is 11.3 Å². The topological polar surface area (TPSA) is 66.3 Å². The first-order valence-corrected chi connectivity index (χ1v) is 6.30. The van der Waals surface area contributed by atoms with Crippen molar-refractivity contribution in [2.45, 2.75) is 12.8 Å². The Kier molecular flexibility index (Phi) is 2.44. The van der Waals surface area contributed by atoms with E-state index in [4.69, 9.17) is 5.11 Å². The molecule has 0 spiro atoms. The Bertz CT molecular complexity index is 575. The van der Waals surface area contributed by atoms with Crippen molar-refractivity contribution in [3.05, 3.63) is 17.3 Å². The summed E-state index contributed by atoms with van der Waals surface area (Å²) in [6, 6.07) is 1.68. The number of carboxylic acids is 1. The van der Waals surface area contributed by atoms with Crippen LogP contribution in [-0.4, -0.2) is 34.1 Å². The van der Waals surface area contributed by atoms with Gasteiger partial charge >= 0.3 is 5.97 Å². The number of carbonyl (C=O) groups is 1. The van der Waals surface area contributed by atoms with E-state index >= 15 is 0 Å². The quantitative estimate of drug-likeness (QED) is 0.881. The first kappa shape index (κ1) is 10.5. The second-order valence-electron chi connectivity index (χ2n) is 4.03. The zero-order valence-corrected chi connectivity index (χ0v) is 9.90. The molecule has 1 aliphatic rings. The molecule has 3 rings (SSSR count). The lowest BCUT2D eigenvalue weighted by molar-refractivity contribution is 0.0702. The second-order valence-corrected chi connectivity index (χ2v) is 5.06. The molecule has 88 valence electrons. The second kappa shape index (κ2) is 3.96. The average Bonchev–Trinajstić information content (AvgIpc) is 2.97. The third-order valence-corrected chi connectivity index (χ3v) is 3.96. The molecule has 17 heavy (non-hydrogen) atoms. The number of thiophene rings is 1. The Hall–Kier alpha value is -1.69. The summed E-state index contributed by atoms with van der Waals surface area (Å²) in [6.45, 7) is 1.98. The molecule has 0 bridgehead atoms. The Labute approximate surface area is 102 Å². The van der Waals surface area contributed by atoms with Gasteiger partial charge in [-0.2, -0.15) is 0 Å². The molecule has 5 nitrogen and oxygen atoms in total. The van der Waals surface area contributed by atoms with Crippen LogP contribution in [0.1, 0.15) is 22.5 Å². The van der Waals surface area contributed by atoms with E-state index in [1.54, 1.807) is 6.07 Å². The SMILES string of the molecule is O=C(O)c1cc2c(N3CCCC3)ncnc2s1. The highest BCUT2D eigenvalue weighted by Gasteiger charge is 2.19. The molecule has 1 N–H and O–H groups in total. The third-order valence-electron chi connectivity index (χ3n) is 2.92. The Balaban J connectivity index is 2.14. The van der Waals surface area contributed by atoms with Gasteiger partial charge < -0.3 is 10.0 Å². The van der Waals surface area contributed by atoms with Crippen molar-refractivity contribution in [2.24, 2.45) is 0 Å². The molecule has 0 radical (unpaired) electrons. The van der Waals surface area contributed by atoms with Crippen LogP contribution in [0.3, 0.4) is 0 Å². The molecule has 2 aromatic rings. The monoisotopic (exact) mass is 249 g/mol. The highest BCUT2D eigenvalue weighted by atomic mass is 32.1. The molecule has 1 fully saturated rings. The third kappa shape index (κ3) is 1.74. The molecule has 0 atom stereocenters. The van der Waals surface area contributed by atoms with Crippen LogP contribution in [0.25, 0.3) is 10.2 Å². The number of anilines is 1. The van der Waals surface area contributed by atoms with Crippen LogP contribution >= 0.6 is 11.3 Å². The van der Waals surface area contributed by atoms with Crippen molar-refractivity contribution in [3.63, 3.8) is 0 Å². The van der Waals surface area contributed by atoms with Gasteiger partial charge in [0, 0.05) is 13.1 Å². The van der Waals surface area contributed by atoms with Crippen molar-refractivity contribution in [1.82, 2.24) is 9.97 Å². The Morgan fingerprint density at radius 2 is 2.12 bits per heavy atom. The average molecular weight is 249 g/mol. The molecule has 0 aliphatic carbocycles. The molecule has 3 heterocycles. The Morgan fingerprint density at radius 3 is 2.82 bits per heavy atom. The summed E-state index contributed by atoms with van der Waals surface area (Å²) in [5.74, 6) is -0.0309. The predicted molar refractivity (Wildman–Crippen MR) is 65.8 cm³/mol. The van der Waals surface area contributed by atoms with Gasteiger partial charge in [-0.05, 0) is 18.9 Å². The Morgan fingerprint density at radius 1 is 1.35 bits per heavy atom. The minimum Gasteiger partial charge on any atom is -0.477 e. The summed E-state index contributed by atoms with van der Waals surface area (Å²) >= 11 is 1.20. The predicted octanol–water partition coefficient (Wildman–Crippen LogP) is 1.99. The summed E-state index contributed by atoms with van der Waals surface area (Å²) in [6.07, 6.45) is 3.85. The van der Waals surface area contributed by atoms with Crippen LogP contribution in [0.15, 0.2) is 12.4 Å². The van der Waals surface area contributed by atoms with Crippen molar-refractivity contribution >= 4 is 33.3 Å². The lowest BCUT2D eigenvalue weighted by Crippen LogP contribution is -2.19. The van der Waals surface area contributed by atoms with Gasteiger partial charge in [0.2, 0.25) is 0 Å². The highest BCUT2D eigenvalue weighted by molar-refractivity contribution is 7.20. The van der Waals surface area contributed by atoms with Gasteiger partial charge in [0.25, 0.3) is 0 Å². The number of rotatable bonds is 2. The minimum absolute atomic E-state index is 0.320. The van der Waals surface area contributed by atoms with E-state index in [2.05, 4.69) is 14.9 Å². The number of hydrogen-bond acceptors (Lipinski definition) is 5. The van der Waals surface area contributed by atoms with Gasteiger partial charge in [0.1, 0.15) is 21.9 Å². The van der Waals surface area contributed by atoms with Crippen molar-refractivity contribution < 1.29 is 9.90 Å². The van der Waals surface area contributed by atoms with Crippen LogP contribution in [0, 0.1) is 0 Å². The first-order chi connectivity index (χ1) is 8.25. The number of carboxylic acid groups (broad SMARTS) is 1. The largest absolute Gasteiger partial charge is 0.477 e. The van der Waals surface area contributed by atoms with Crippen LogP contribution in [-0.2, 0) is 0 Å². The molecular formula is C11H11N3O2S. The first-order valence-electron chi connectivity index (χ1n) is 5.48. The summed E-state index contributed by atoms with van der Waals surface area (Å²) in [4.78, 5) is 22.6. The maximum atomic E-state index is 11.0. The molecule has 0 unspecified atom stereocenters. The number of nitrogens with zero attached hydrogens (tertiary/aromatic N) is 3. The standard InChI is InChI=1S/C11H11N3O2S/c15-11(16)8-5-7-9(14-3-1-2-4-14)12-6-13-10(7)17-8/h5-6H,1-4H2,(H,15,16). The van der Waals surface area contributed by atoms with E-state index in [1.807, 2.05) is 0 Å². The van der Waals surface area contributed by atoms with E-state index in [0.717, 1.165) is 29.1 Å². The van der Waals surface area contributed by atoms with Gasteiger partial charge in [0.15, 0.2) is 0 Å². The van der Waals surface area contributed by atoms with Crippen LogP contribution in [0.5, 0.6) is 0 Å². The van der Waals surface area contributed by atoms with Crippen molar-refractivity contribution in [3.8, 4) is 0 Å². The van der Waals surface area contributed by atoms with Gasteiger partial charge in [-0.25, -0.2) is 14.8 Å². The fraction of sp³-hybridized carbons (Fsp3) is 0.364. The summed E-state index contributed by atoms with van der Waals surface area (Å²) < 4.78 is 0. The van der Waals surface area contributed by atoms with Crippen molar-refractivity contribution in [2.75, 3.05) is 18.0 Å². The summed E-state index contributed by atoms with van der Waals surface area (Å²) in [5, 5.41) is 9.85. The minimum atomic E-state index is -0.902. The van der Waals surface area contributed by atoms with Crippen LogP contribution in [0.2, 0.25) is 0 Å². The molecule has 0 aromatic carbocycles. The molecule has 2 aromatic heterocycles. The molecule has 0 amide bonds. The molecule has 6 heteroatoms. The fourth-order valence-electron chi connectivity index (χ4n) is 2.13. The van der Waals surface area contributed by atoms with E-state index in [9.17, 15) is 4.79 Å².